The number of thiophene rings is 1. The molecule has 0 aliphatic carbocycles. The van der Waals surface area contributed by atoms with E-state index in [-0.39, 0.29) is 11.9 Å². The maximum Gasteiger partial charge on any atom is 0.227 e. The zero-order chi connectivity index (χ0) is 14.7. The van der Waals surface area contributed by atoms with Crippen LogP contribution >= 0.6 is 11.3 Å². The van der Waals surface area contributed by atoms with E-state index in [0.29, 0.717) is 6.42 Å². The second-order valence-electron chi connectivity index (χ2n) is 5.29. The molecule has 110 valence electrons. The van der Waals surface area contributed by atoms with Crippen molar-refractivity contribution >= 4 is 17.2 Å². The van der Waals surface area contributed by atoms with Gasteiger partial charge in [0, 0.05) is 11.4 Å². The molecule has 0 unspecified atom stereocenters. The summed E-state index contributed by atoms with van der Waals surface area (Å²) in [6.45, 7) is 0.866. The van der Waals surface area contributed by atoms with Crippen LogP contribution < -0.4 is 4.74 Å². The van der Waals surface area contributed by atoms with Gasteiger partial charge in [-0.25, -0.2) is 0 Å². The lowest BCUT2D eigenvalue weighted by Gasteiger charge is -2.24. The van der Waals surface area contributed by atoms with Gasteiger partial charge in [0.15, 0.2) is 0 Å². The first-order valence-corrected chi connectivity index (χ1v) is 8.11. The molecule has 1 amide bonds. The molecule has 1 saturated heterocycles. The summed E-state index contributed by atoms with van der Waals surface area (Å²) >= 11 is 1.74. The smallest absolute Gasteiger partial charge is 0.227 e. The van der Waals surface area contributed by atoms with E-state index in [2.05, 4.69) is 17.5 Å². The lowest BCUT2D eigenvalue weighted by molar-refractivity contribution is -0.131. The summed E-state index contributed by atoms with van der Waals surface area (Å²) < 4.78 is 5.22. The molecule has 0 bridgehead atoms. The Balaban J connectivity index is 1.72. The Hall–Kier alpha value is -1.81. The summed E-state index contributed by atoms with van der Waals surface area (Å²) in [5.41, 5.74) is 1.01. The van der Waals surface area contributed by atoms with Crippen molar-refractivity contribution in [2.24, 2.45) is 0 Å². The molecule has 0 saturated carbocycles. The fraction of sp³-hybridized carbons (Fsp3) is 0.353. The van der Waals surface area contributed by atoms with Crippen LogP contribution in [0.1, 0.15) is 29.3 Å². The van der Waals surface area contributed by atoms with Gasteiger partial charge in [-0.2, -0.15) is 0 Å². The Bertz CT molecular complexity index is 609. The van der Waals surface area contributed by atoms with Gasteiger partial charge < -0.3 is 9.64 Å². The lowest BCUT2D eigenvalue weighted by atomic mass is 10.1. The monoisotopic (exact) mass is 301 g/mol. The number of methoxy groups -OCH3 is 1. The third kappa shape index (κ3) is 3.10. The molecule has 21 heavy (non-hydrogen) atoms. The van der Waals surface area contributed by atoms with Crippen molar-refractivity contribution in [1.82, 2.24) is 4.90 Å². The molecule has 1 atom stereocenters. The van der Waals surface area contributed by atoms with Crippen LogP contribution in [0, 0.1) is 0 Å². The van der Waals surface area contributed by atoms with Crippen molar-refractivity contribution in [2.45, 2.75) is 25.3 Å². The molecule has 2 heterocycles. The highest BCUT2D eigenvalue weighted by molar-refractivity contribution is 7.10. The summed E-state index contributed by atoms with van der Waals surface area (Å²) in [6, 6.07) is 12.2. The Labute approximate surface area is 129 Å². The van der Waals surface area contributed by atoms with Gasteiger partial charge in [-0.1, -0.05) is 18.2 Å². The average Bonchev–Trinajstić information content (AvgIpc) is 3.18. The van der Waals surface area contributed by atoms with Gasteiger partial charge in [-0.15, -0.1) is 11.3 Å². The first kappa shape index (κ1) is 14.1. The van der Waals surface area contributed by atoms with E-state index in [1.165, 1.54) is 4.88 Å². The molecule has 0 spiro atoms. The van der Waals surface area contributed by atoms with Crippen molar-refractivity contribution in [3.05, 3.63) is 52.2 Å². The molecule has 1 aromatic carbocycles. The number of ether oxygens (including phenoxy) is 1. The van der Waals surface area contributed by atoms with Crippen LogP contribution in [-0.4, -0.2) is 24.5 Å². The maximum atomic E-state index is 12.6. The summed E-state index contributed by atoms with van der Waals surface area (Å²) in [4.78, 5) is 15.9. The minimum atomic E-state index is 0.208. The topological polar surface area (TPSA) is 29.5 Å². The molecular weight excluding hydrogens is 282 g/mol. The van der Waals surface area contributed by atoms with Crippen molar-refractivity contribution in [2.75, 3.05) is 13.7 Å². The van der Waals surface area contributed by atoms with Gasteiger partial charge in [0.25, 0.3) is 0 Å². The van der Waals surface area contributed by atoms with E-state index in [0.717, 1.165) is 30.7 Å². The molecule has 3 nitrogen and oxygen atoms in total. The minimum absolute atomic E-state index is 0.208. The van der Waals surface area contributed by atoms with E-state index in [1.54, 1.807) is 18.4 Å². The molecule has 0 N–H and O–H groups in total. The SMILES string of the molecule is COc1cccc(CC(=O)N2CCC[C@@H]2c2cccs2)c1. The zero-order valence-corrected chi connectivity index (χ0v) is 12.9. The Kier molecular flexibility index (Phi) is 4.25. The highest BCUT2D eigenvalue weighted by Gasteiger charge is 2.30. The van der Waals surface area contributed by atoms with Crippen LogP contribution in [-0.2, 0) is 11.2 Å². The minimum Gasteiger partial charge on any atom is -0.497 e. The number of hydrogen-bond acceptors (Lipinski definition) is 3. The Morgan fingerprint density at radius 3 is 3.05 bits per heavy atom. The second-order valence-corrected chi connectivity index (χ2v) is 6.27. The second kappa shape index (κ2) is 6.31. The van der Waals surface area contributed by atoms with E-state index in [4.69, 9.17) is 4.74 Å². The molecule has 1 aromatic heterocycles. The first-order valence-electron chi connectivity index (χ1n) is 7.24. The standard InChI is InChI=1S/C17H19NO2S/c1-20-14-6-2-5-13(11-14)12-17(19)18-9-3-7-15(18)16-8-4-10-21-16/h2,4-6,8,10-11,15H,3,7,9,12H2,1H3/t15-/m1/s1. The summed E-state index contributed by atoms with van der Waals surface area (Å²) in [5.74, 6) is 1.01. The molecule has 1 aliphatic heterocycles. The predicted molar refractivity (Wildman–Crippen MR) is 84.7 cm³/mol. The molecular formula is C17H19NO2S. The zero-order valence-electron chi connectivity index (χ0n) is 12.1. The number of benzene rings is 1. The first-order chi connectivity index (χ1) is 10.3. The normalized spacial score (nSPS) is 18.0. The van der Waals surface area contributed by atoms with Gasteiger partial charge in [0.1, 0.15) is 5.75 Å². The summed E-state index contributed by atoms with van der Waals surface area (Å²) in [6.07, 6.45) is 2.61. The number of rotatable bonds is 4. The van der Waals surface area contributed by atoms with E-state index in [1.807, 2.05) is 29.2 Å². The molecule has 1 fully saturated rings. The lowest BCUT2D eigenvalue weighted by Crippen LogP contribution is -2.31. The average molecular weight is 301 g/mol. The van der Waals surface area contributed by atoms with E-state index < -0.39 is 0 Å². The summed E-state index contributed by atoms with van der Waals surface area (Å²) in [5, 5.41) is 2.08. The van der Waals surface area contributed by atoms with Crippen LogP contribution in [0.15, 0.2) is 41.8 Å². The highest BCUT2D eigenvalue weighted by Crippen LogP contribution is 2.34. The number of carbonyl (C=O) groups excluding carboxylic acids is 1. The number of nitrogens with zero attached hydrogens (tertiary/aromatic N) is 1. The highest BCUT2D eigenvalue weighted by atomic mass is 32.1. The summed E-state index contributed by atoms with van der Waals surface area (Å²) in [7, 11) is 1.65. The van der Waals surface area contributed by atoms with Crippen molar-refractivity contribution in [3.8, 4) is 5.75 Å². The van der Waals surface area contributed by atoms with Gasteiger partial charge in [0.2, 0.25) is 5.91 Å². The molecule has 4 heteroatoms. The van der Waals surface area contributed by atoms with Gasteiger partial charge in [-0.3, -0.25) is 4.79 Å². The molecule has 2 aromatic rings. The number of amides is 1. The van der Waals surface area contributed by atoms with Crippen LogP contribution in [0.4, 0.5) is 0 Å². The molecule has 1 aliphatic rings. The fourth-order valence-electron chi connectivity index (χ4n) is 2.90. The predicted octanol–water partition coefficient (Wildman–Crippen LogP) is 3.66. The number of likely N-dealkylation sites (tertiary alicyclic amines) is 1. The Morgan fingerprint density at radius 1 is 1.38 bits per heavy atom. The van der Waals surface area contributed by atoms with Gasteiger partial charge in [0.05, 0.1) is 19.6 Å². The number of carbonyl (C=O) groups is 1. The third-order valence-corrected chi connectivity index (χ3v) is 4.91. The van der Waals surface area contributed by atoms with Crippen LogP contribution in [0.3, 0.4) is 0 Å². The van der Waals surface area contributed by atoms with Crippen LogP contribution in [0.5, 0.6) is 5.75 Å². The van der Waals surface area contributed by atoms with Gasteiger partial charge in [-0.05, 0) is 42.0 Å². The third-order valence-electron chi connectivity index (χ3n) is 3.93. The molecule has 3 rings (SSSR count). The van der Waals surface area contributed by atoms with Gasteiger partial charge >= 0.3 is 0 Å². The molecule has 0 radical (unpaired) electrons. The van der Waals surface area contributed by atoms with Crippen molar-refractivity contribution in [3.63, 3.8) is 0 Å². The van der Waals surface area contributed by atoms with Crippen molar-refractivity contribution in [1.29, 1.82) is 0 Å². The van der Waals surface area contributed by atoms with Crippen LogP contribution in [0.2, 0.25) is 0 Å². The van der Waals surface area contributed by atoms with E-state index >= 15 is 0 Å². The fourth-order valence-corrected chi connectivity index (χ4v) is 3.77. The quantitative estimate of drug-likeness (QED) is 0.862. The van der Waals surface area contributed by atoms with Crippen molar-refractivity contribution < 1.29 is 9.53 Å². The maximum absolute atomic E-state index is 12.6. The van der Waals surface area contributed by atoms with E-state index in [9.17, 15) is 4.79 Å². The number of hydrogen-bond donors (Lipinski definition) is 0. The Morgan fingerprint density at radius 2 is 2.29 bits per heavy atom. The van der Waals surface area contributed by atoms with Crippen LogP contribution in [0.25, 0.3) is 0 Å². The largest absolute Gasteiger partial charge is 0.497 e.